The van der Waals surface area contributed by atoms with Gasteiger partial charge in [0, 0.05) is 29.1 Å². The van der Waals surface area contributed by atoms with Crippen LogP contribution in [0.25, 0.3) is 11.1 Å². The molecular weight excluding hydrogens is 348 g/mol. The van der Waals surface area contributed by atoms with Gasteiger partial charge in [-0.05, 0) is 37.3 Å². The van der Waals surface area contributed by atoms with E-state index < -0.39 is 17.7 Å². The van der Waals surface area contributed by atoms with Crippen molar-refractivity contribution in [3.8, 4) is 17.0 Å². The summed E-state index contributed by atoms with van der Waals surface area (Å²) in [5, 5.41) is -0.320. The zero-order valence-corrected chi connectivity index (χ0v) is 14.0. The highest BCUT2D eigenvalue weighted by Crippen LogP contribution is 2.35. The first kappa shape index (κ1) is 17.1. The maximum atomic E-state index is 14.1. The molecule has 7 heteroatoms. The van der Waals surface area contributed by atoms with Crippen LogP contribution in [0.3, 0.4) is 0 Å². The molecule has 2 N–H and O–H groups in total. The molecule has 0 radical (unpaired) electrons. The Morgan fingerprint density at radius 1 is 1.12 bits per heavy atom. The topological polar surface area (TPSA) is 61.0 Å². The normalized spacial score (nSPS) is 12.0. The van der Waals surface area contributed by atoms with Crippen LogP contribution in [-0.2, 0) is 0 Å². The summed E-state index contributed by atoms with van der Waals surface area (Å²) in [4.78, 5) is 8.22. The van der Waals surface area contributed by atoms with Gasteiger partial charge in [0.15, 0.2) is 0 Å². The minimum Gasteiger partial charge on any atom is -0.469 e. The third-order valence-corrected chi connectivity index (χ3v) is 4.01. The second kappa shape index (κ2) is 7.03. The van der Waals surface area contributed by atoms with E-state index in [0.29, 0.717) is 5.56 Å². The number of anilines is 1. The van der Waals surface area contributed by atoms with Gasteiger partial charge in [-0.3, -0.25) is 4.98 Å². The van der Waals surface area contributed by atoms with E-state index in [-0.39, 0.29) is 22.3 Å². The third kappa shape index (κ3) is 3.53. The minimum atomic E-state index is -0.882. The second-order valence-corrected chi connectivity index (χ2v) is 5.73. The molecule has 0 fully saturated rings. The number of pyridine rings is 2. The predicted octanol–water partition coefficient (Wildman–Crippen LogP) is 4.80. The molecule has 0 aliphatic heterocycles. The van der Waals surface area contributed by atoms with E-state index in [4.69, 9.17) is 22.1 Å². The summed E-state index contributed by atoms with van der Waals surface area (Å²) in [5.41, 5.74) is 7.04. The van der Waals surface area contributed by atoms with Gasteiger partial charge < -0.3 is 10.5 Å². The summed E-state index contributed by atoms with van der Waals surface area (Å²) in [6.07, 6.45) is 2.40. The van der Waals surface area contributed by atoms with Gasteiger partial charge in [0.05, 0.1) is 5.02 Å². The highest BCUT2D eigenvalue weighted by molar-refractivity contribution is 6.31. The van der Waals surface area contributed by atoms with Crippen LogP contribution in [0.1, 0.15) is 18.6 Å². The van der Waals surface area contributed by atoms with Crippen LogP contribution in [0.15, 0.2) is 48.8 Å². The van der Waals surface area contributed by atoms with Crippen molar-refractivity contribution in [3.63, 3.8) is 0 Å². The van der Waals surface area contributed by atoms with Crippen molar-refractivity contribution in [2.24, 2.45) is 0 Å². The van der Waals surface area contributed by atoms with Gasteiger partial charge in [-0.25, -0.2) is 8.78 Å². The quantitative estimate of drug-likeness (QED) is 0.678. The molecule has 2 heterocycles. The number of nitrogens with two attached hydrogens (primary N) is 1. The van der Waals surface area contributed by atoms with Crippen LogP contribution in [0.2, 0.25) is 5.02 Å². The van der Waals surface area contributed by atoms with E-state index in [1.807, 2.05) is 6.07 Å². The van der Waals surface area contributed by atoms with Gasteiger partial charge in [0.2, 0.25) is 5.88 Å². The first-order valence-corrected chi connectivity index (χ1v) is 7.82. The SMILES string of the molecule is CC(Oc1nc(N)ccc1-c1cccnc1)c1c(F)ccc(F)c1Cl. The van der Waals surface area contributed by atoms with E-state index in [9.17, 15) is 8.78 Å². The lowest BCUT2D eigenvalue weighted by Gasteiger charge is -2.19. The van der Waals surface area contributed by atoms with Crippen LogP contribution < -0.4 is 10.5 Å². The number of aromatic nitrogens is 2. The Labute approximate surface area is 148 Å². The van der Waals surface area contributed by atoms with Gasteiger partial charge in [0.25, 0.3) is 0 Å². The molecule has 0 bridgehead atoms. The molecule has 0 amide bonds. The molecule has 0 aliphatic carbocycles. The Bertz CT molecular complexity index is 906. The molecule has 4 nitrogen and oxygen atoms in total. The molecule has 1 aromatic carbocycles. The van der Waals surface area contributed by atoms with E-state index in [2.05, 4.69) is 9.97 Å². The number of hydrogen-bond donors (Lipinski definition) is 1. The standard InChI is InChI=1S/C18H14ClF2N3O/c1-10(16-13(20)5-6-14(21)17(16)19)25-18-12(4-7-15(22)24-18)11-3-2-8-23-9-11/h2-10H,1H3,(H2,22,24). The van der Waals surface area contributed by atoms with Gasteiger partial charge in [-0.1, -0.05) is 17.7 Å². The average molecular weight is 362 g/mol. The highest BCUT2D eigenvalue weighted by Gasteiger charge is 2.21. The zero-order valence-electron chi connectivity index (χ0n) is 13.2. The molecule has 3 aromatic rings. The first-order valence-electron chi connectivity index (χ1n) is 7.44. The van der Waals surface area contributed by atoms with Crippen molar-refractivity contribution < 1.29 is 13.5 Å². The van der Waals surface area contributed by atoms with Gasteiger partial charge in [-0.15, -0.1) is 0 Å². The van der Waals surface area contributed by atoms with Gasteiger partial charge in [-0.2, -0.15) is 4.98 Å². The summed E-state index contributed by atoms with van der Waals surface area (Å²) in [5.74, 6) is -0.965. The maximum absolute atomic E-state index is 14.1. The first-order chi connectivity index (χ1) is 12.0. The number of rotatable bonds is 4. The minimum absolute atomic E-state index is 0.0805. The van der Waals surface area contributed by atoms with E-state index in [1.54, 1.807) is 37.5 Å². The van der Waals surface area contributed by atoms with Crippen molar-refractivity contribution in [2.45, 2.75) is 13.0 Å². The molecule has 0 saturated heterocycles. The summed E-state index contributed by atoms with van der Waals surface area (Å²) in [6.45, 7) is 1.56. The lowest BCUT2D eigenvalue weighted by molar-refractivity contribution is 0.213. The maximum Gasteiger partial charge on any atom is 0.223 e. The summed E-state index contributed by atoms with van der Waals surface area (Å²) in [7, 11) is 0. The Morgan fingerprint density at radius 2 is 1.88 bits per heavy atom. The molecule has 1 unspecified atom stereocenters. The van der Waals surface area contributed by atoms with Gasteiger partial charge >= 0.3 is 0 Å². The molecule has 0 aliphatic rings. The van der Waals surface area contributed by atoms with Crippen LogP contribution in [-0.4, -0.2) is 9.97 Å². The van der Waals surface area contributed by atoms with Crippen LogP contribution in [0.4, 0.5) is 14.6 Å². The van der Waals surface area contributed by atoms with Crippen molar-refractivity contribution in [3.05, 3.63) is 71.0 Å². The summed E-state index contributed by atoms with van der Waals surface area (Å²) < 4.78 is 33.5. The van der Waals surface area contributed by atoms with Crippen molar-refractivity contribution in [1.29, 1.82) is 0 Å². The molecule has 25 heavy (non-hydrogen) atoms. The van der Waals surface area contributed by atoms with E-state index >= 15 is 0 Å². The molecule has 128 valence electrons. The fourth-order valence-electron chi connectivity index (χ4n) is 2.43. The Hall–Kier alpha value is -2.73. The van der Waals surface area contributed by atoms with Gasteiger partial charge in [0.1, 0.15) is 23.6 Å². The van der Waals surface area contributed by atoms with Crippen molar-refractivity contribution >= 4 is 17.4 Å². The lowest BCUT2D eigenvalue weighted by Crippen LogP contribution is -2.10. The van der Waals surface area contributed by atoms with Crippen molar-refractivity contribution in [2.75, 3.05) is 5.73 Å². The fourth-order valence-corrected chi connectivity index (χ4v) is 2.74. The number of nitrogens with zero attached hydrogens (tertiary/aromatic N) is 2. The number of hydrogen-bond acceptors (Lipinski definition) is 4. The number of nitrogen functional groups attached to an aromatic ring is 1. The largest absolute Gasteiger partial charge is 0.469 e. The molecule has 3 rings (SSSR count). The van der Waals surface area contributed by atoms with E-state index in [1.165, 1.54) is 0 Å². The lowest BCUT2D eigenvalue weighted by atomic mass is 10.1. The van der Waals surface area contributed by atoms with Crippen molar-refractivity contribution in [1.82, 2.24) is 9.97 Å². The predicted molar refractivity (Wildman–Crippen MR) is 92.3 cm³/mol. The molecule has 0 saturated carbocycles. The summed E-state index contributed by atoms with van der Waals surface area (Å²) in [6, 6.07) is 8.91. The monoisotopic (exact) mass is 361 g/mol. The Kier molecular flexibility index (Phi) is 4.81. The number of halogens is 3. The molecule has 2 aromatic heterocycles. The second-order valence-electron chi connectivity index (χ2n) is 5.35. The zero-order chi connectivity index (χ0) is 18.0. The fraction of sp³-hybridized carbons (Fsp3) is 0.111. The smallest absolute Gasteiger partial charge is 0.223 e. The van der Waals surface area contributed by atoms with Crippen LogP contribution in [0, 0.1) is 11.6 Å². The molecule has 0 spiro atoms. The van der Waals surface area contributed by atoms with Crippen LogP contribution >= 0.6 is 11.6 Å². The molecule has 1 atom stereocenters. The Balaban J connectivity index is 2.01. The summed E-state index contributed by atoms with van der Waals surface area (Å²) >= 11 is 5.90. The average Bonchev–Trinajstić information content (AvgIpc) is 2.59. The Morgan fingerprint density at radius 3 is 2.60 bits per heavy atom. The molecular formula is C18H14ClF2N3O. The third-order valence-electron chi connectivity index (χ3n) is 3.63. The number of benzene rings is 1. The van der Waals surface area contributed by atoms with E-state index in [0.717, 1.165) is 17.7 Å². The van der Waals surface area contributed by atoms with Crippen LogP contribution in [0.5, 0.6) is 5.88 Å². The number of ether oxygens (including phenoxy) is 1. The highest BCUT2D eigenvalue weighted by atomic mass is 35.5.